The fraction of sp³-hybridized carbons (Fsp3) is 0.200. The van der Waals surface area contributed by atoms with Crippen molar-refractivity contribution in [3.63, 3.8) is 0 Å². The molecule has 0 aliphatic carbocycles. The van der Waals surface area contributed by atoms with E-state index in [1.54, 1.807) is 0 Å². The van der Waals surface area contributed by atoms with Gasteiger partial charge in [0.05, 0.1) is 11.4 Å². The first-order valence-corrected chi connectivity index (χ1v) is 10.6. The Labute approximate surface area is 187 Å². The van der Waals surface area contributed by atoms with Crippen molar-refractivity contribution in [2.24, 2.45) is 10.1 Å². The highest BCUT2D eigenvalue weighted by molar-refractivity contribution is 6.32. The van der Waals surface area contributed by atoms with Gasteiger partial charge in [0.15, 0.2) is 18.0 Å². The van der Waals surface area contributed by atoms with E-state index in [0.29, 0.717) is 5.02 Å². The van der Waals surface area contributed by atoms with E-state index >= 15 is 0 Å². The van der Waals surface area contributed by atoms with E-state index in [-0.39, 0.29) is 12.1 Å². The number of oxime groups is 1. The molecule has 3 aromatic carbocycles. The number of halogens is 1. The number of benzene rings is 3. The lowest BCUT2D eigenvalue weighted by Gasteiger charge is -2.21. The second-order valence-corrected chi connectivity index (χ2v) is 8.41. The molecular formula is C25H23ClN4O. The third-order valence-electron chi connectivity index (χ3n) is 5.78. The lowest BCUT2D eigenvalue weighted by molar-refractivity contribution is 0.0777. The van der Waals surface area contributed by atoms with Crippen molar-refractivity contribution in [2.45, 2.75) is 12.1 Å². The first-order chi connectivity index (χ1) is 15.0. The highest BCUT2D eigenvalue weighted by atomic mass is 35.5. The van der Waals surface area contributed by atoms with E-state index < -0.39 is 0 Å². The van der Waals surface area contributed by atoms with Gasteiger partial charge in [0.1, 0.15) is 0 Å². The molecule has 2 aliphatic rings. The standard InChI is InChI=1S/C25H23ClN4O/c1-29(2)19-12-9-17(10-13-19)24-23-25(28-31-24)30(3)21-14-11-18(26)15-20(21)22(27-23)16-7-5-4-6-8-16/h4-15,23-24H,1-3H3. The summed E-state index contributed by atoms with van der Waals surface area (Å²) in [6, 6.07) is 24.2. The number of hydrogen-bond donors (Lipinski definition) is 0. The van der Waals surface area contributed by atoms with Crippen molar-refractivity contribution in [3.05, 3.63) is 94.5 Å². The fourth-order valence-electron chi connectivity index (χ4n) is 4.10. The minimum absolute atomic E-state index is 0.267. The summed E-state index contributed by atoms with van der Waals surface area (Å²) in [6.07, 6.45) is -0.294. The number of aliphatic imine (C=N–C) groups is 1. The van der Waals surface area contributed by atoms with Gasteiger partial charge in [0.2, 0.25) is 0 Å². The van der Waals surface area contributed by atoms with Crippen LogP contribution in [0.1, 0.15) is 22.8 Å². The average Bonchev–Trinajstić information content (AvgIpc) is 3.16. The normalized spacial score (nSPS) is 19.5. The van der Waals surface area contributed by atoms with Gasteiger partial charge < -0.3 is 14.6 Å². The molecule has 0 spiro atoms. The third-order valence-corrected chi connectivity index (χ3v) is 6.02. The third kappa shape index (κ3) is 3.45. The Hall–Kier alpha value is -3.31. The quantitative estimate of drug-likeness (QED) is 0.577. The van der Waals surface area contributed by atoms with Crippen molar-refractivity contribution < 1.29 is 4.84 Å². The number of likely N-dealkylation sites (N-methyl/N-ethyl adjacent to an activating group) is 1. The molecule has 0 amide bonds. The van der Waals surface area contributed by atoms with Crippen molar-refractivity contribution in [2.75, 3.05) is 30.9 Å². The van der Waals surface area contributed by atoms with Crippen LogP contribution in [0, 0.1) is 0 Å². The minimum atomic E-state index is -0.294. The molecule has 156 valence electrons. The predicted octanol–water partition coefficient (Wildman–Crippen LogP) is 5.15. The molecule has 0 fully saturated rings. The van der Waals surface area contributed by atoms with Crippen molar-refractivity contribution in [1.82, 2.24) is 0 Å². The number of amidine groups is 1. The maximum absolute atomic E-state index is 6.38. The van der Waals surface area contributed by atoms with Gasteiger partial charge in [-0.3, -0.25) is 4.99 Å². The first kappa shape index (κ1) is 19.6. The van der Waals surface area contributed by atoms with E-state index in [4.69, 9.17) is 21.4 Å². The maximum Gasteiger partial charge on any atom is 0.182 e. The Morgan fingerprint density at radius 3 is 2.42 bits per heavy atom. The van der Waals surface area contributed by atoms with E-state index in [2.05, 4.69) is 51.4 Å². The summed E-state index contributed by atoms with van der Waals surface area (Å²) in [5.74, 6) is 0.788. The lowest BCUT2D eigenvalue weighted by atomic mass is 9.99. The summed E-state index contributed by atoms with van der Waals surface area (Å²) < 4.78 is 0. The van der Waals surface area contributed by atoms with E-state index in [9.17, 15) is 0 Å². The molecule has 0 radical (unpaired) electrons. The zero-order chi connectivity index (χ0) is 21.5. The summed E-state index contributed by atoms with van der Waals surface area (Å²) in [5.41, 5.74) is 6.09. The average molecular weight is 431 g/mol. The number of nitrogens with zero attached hydrogens (tertiary/aromatic N) is 4. The summed E-state index contributed by atoms with van der Waals surface area (Å²) >= 11 is 6.38. The number of anilines is 2. The molecule has 31 heavy (non-hydrogen) atoms. The van der Waals surface area contributed by atoms with Crippen LogP contribution in [0.15, 0.2) is 82.9 Å². The largest absolute Gasteiger partial charge is 0.383 e. The van der Waals surface area contributed by atoms with Gasteiger partial charge in [-0.25, -0.2) is 0 Å². The van der Waals surface area contributed by atoms with Crippen LogP contribution in [0.3, 0.4) is 0 Å². The van der Waals surface area contributed by atoms with Crippen LogP contribution in [0.25, 0.3) is 0 Å². The Bertz CT molecular complexity index is 1170. The van der Waals surface area contributed by atoms with E-state index in [1.165, 1.54) is 0 Å². The second-order valence-electron chi connectivity index (χ2n) is 7.97. The first-order valence-electron chi connectivity index (χ1n) is 10.2. The van der Waals surface area contributed by atoms with Crippen LogP contribution >= 0.6 is 11.6 Å². The van der Waals surface area contributed by atoms with Crippen LogP contribution in [-0.2, 0) is 4.84 Å². The summed E-state index contributed by atoms with van der Waals surface area (Å²) in [4.78, 5) is 15.3. The van der Waals surface area contributed by atoms with Gasteiger partial charge in [0.25, 0.3) is 0 Å². The molecule has 0 N–H and O–H groups in total. The molecule has 2 unspecified atom stereocenters. The number of rotatable bonds is 3. The van der Waals surface area contributed by atoms with Crippen LogP contribution in [0.2, 0.25) is 5.02 Å². The molecule has 2 heterocycles. The Balaban J connectivity index is 1.64. The molecule has 2 atom stereocenters. The highest BCUT2D eigenvalue weighted by Crippen LogP contribution is 2.38. The molecule has 0 saturated carbocycles. The predicted molar refractivity (Wildman–Crippen MR) is 128 cm³/mol. The Morgan fingerprint density at radius 2 is 1.71 bits per heavy atom. The van der Waals surface area contributed by atoms with Gasteiger partial charge in [0, 0.05) is 43.0 Å². The Morgan fingerprint density at radius 1 is 0.968 bits per heavy atom. The number of hydrogen-bond acceptors (Lipinski definition) is 5. The van der Waals surface area contributed by atoms with Crippen LogP contribution in [-0.4, -0.2) is 38.7 Å². The van der Waals surface area contributed by atoms with Crippen molar-refractivity contribution in [1.29, 1.82) is 0 Å². The lowest BCUT2D eigenvalue weighted by Crippen LogP contribution is -2.34. The van der Waals surface area contributed by atoms with Gasteiger partial charge in [-0.1, -0.05) is 59.2 Å². The van der Waals surface area contributed by atoms with Gasteiger partial charge in [-0.15, -0.1) is 0 Å². The smallest absolute Gasteiger partial charge is 0.182 e. The molecule has 2 aliphatic heterocycles. The summed E-state index contributed by atoms with van der Waals surface area (Å²) in [6.45, 7) is 0. The number of fused-ring (bicyclic) bond motifs is 2. The van der Waals surface area contributed by atoms with Gasteiger partial charge in [-0.05, 0) is 35.9 Å². The van der Waals surface area contributed by atoms with Crippen molar-refractivity contribution >= 4 is 34.5 Å². The highest BCUT2D eigenvalue weighted by Gasteiger charge is 2.40. The van der Waals surface area contributed by atoms with Gasteiger partial charge >= 0.3 is 0 Å². The fourth-order valence-corrected chi connectivity index (χ4v) is 4.27. The molecule has 5 nitrogen and oxygen atoms in total. The topological polar surface area (TPSA) is 40.4 Å². The van der Waals surface area contributed by atoms with E-state index in [0.717, 1.165) is 39.6 Å². The SMILES string of the molecule is CN(C)c1ccc(C2ON=C3C2N=C(c2ccccc2)c2cc(Cl)ccc2N3C)cc1. The van der Waals surface area contributed by atoms with E-state index in [1.807, 2.05) is 57.5 Å². The summed E-state index contributed by atoms with van der Waals surface area (Å²) in [5, 5.41) is 5.13. The zero-order valence-electron chi connectivity index (χ0n) is 17.7. The maximum atomic E-state index is 6.38. The minimum Gasteiger partial charge on any atom is -0.383 e. The van der Waals surface area contributed by atoms with Crippen LogP contribution < -0.4 is 9.80 Å². The van der Waals surface area contributed by atoms with Crippen LogP contribution in [0.5, 0.6) is 0 Å². The molecular weight excluding hydrogens is 408 g/mol. The van der Waals surface area contributed by atoms with Crippen molar-refractivity contribution in [3.8, 4) is 0 Å². The monoisotopic (exact) mass is 430 g/mol. The molecule has 0 aromatic heterocycles. The zero-order valence-corrected chi connectivity index (χ0v) is 18.4. The molecule has 3 aromatic rings. The molecule has 6 heteroatoms. The molecule has 0 saturated heterocycles. The van der Waals surface area contributed by atoms with Crippen LogP contribution in [0.4, 0.5) is 11.4 Å². The summed E-state index contributed by atoms with van der Waals surface area (Å²) in [7, 11) is 6.06. The van der Waals surface area contributed by atoms with Gasteiger partial charge in [-0.2, -0.15) is 0 Å². The Kier molecular flexibility index (Phi) is 4.91. The molecule has 5 rings (SSSR count). The molecule has 0 bridgehead atoms. The second kappa shape index (κ2) is 7.75.